The summed E-state index contributed by atoms with van der Waals surface area (Å²) >= 11 is 7.82. The summed E-state index contributed by atoms with van der Waals surface area (Å²) in [5.41, 5.74) is 1.56. The van der Waals surface area contributed by atoms with Gasteiger partial charge in [-0.25, -0.2) is 13.4 Å². The first-order valence-electron chi connectivity index (χ1n) is 8.48. The zero-order valence-corrected chi connectivity index (χ0v) is 19.7. The molecule has 0 aliphatic carbocycles. The molecule has 0 atom stereocenters. The van der Waals surface area contributed by atoms with Gasteiger partial charge < -0.3 is 10.2 Å². The van der Waals surface area contributed by atoms with Crippen molar-refractivity contribution in [3.8, 4) is 0 Å². The summed E-state index contributed by atoms with van der Waals surface area (Å²) < 4.78 is 26.9. The number of rotatable bonds is 6. The van der Waals surface area contributed by atoms with Crippen molar-refractivity contribution >= 4 is 75.7 Å². The molecule has 1 aromatic heterocycles. The summed E-state index contributed by atoms with van der Waals surface area (Å²) in [6.45, 7) is 2.32. The van der Waals surface area contributed by atoms with Crippen molar-refractivity contribution in [1.82, 2.24) is 4.98 Å². The molecule has 1 aromatic carbocycles. The van der Waals surface area contributed by atoms with Crippen LogP contribution in [0.2, 0.25) is 0 Å². The first-order chi connectivity index (χ1) is 13.2. The molecule has 0 saturated heterocycles. The van der Waals surface area contributed by atoms with Gasteiger partial charge in [0.05, 0.1) is 20.6 Å². The maximum Gasteiger partial charge on any atom is 0.227 e. The molecule has 3 rings (SSSR count). The standard InChI is InChI=1S/C17H17Br2N3O4S2/c1-2-16(24)22-5-3-10-7-11(18)13(8-12(10)22)28(25,26)6-4-15(23)21-17-20-9-14(19)27-17/h7-9H,2-6H2,1H3,(H,20,21,23). The summed E-state index contributed by atoms with van der Waals surface area (Å²) in [6.07, 6.45) is 2.40. The van der Waals surface area contributed by atoms with E-state index in [-0.39, 0.29) is 23.0 Å². The number of hydrogen-bond donors (Lipinski definition) is 1. The average Bonchev–Trinajstić information content (AvgIpc) is 3.24. The third-order valence-corrected chi connectivity index (χ3v) is 8.35. The van der Waals surface area contributed by atoms with E-state index < -0.39 is 15.7 Å². The van der Waals surface area contributed by atoms with Crippen LogP contribution in [0.3, 0.4) is 0 Å². The Balaban J connectivity index is 1.76. The number of hydrogen-bond acceptors (Lipinski definition) is 6. The van der Waals surface area contributed by atoms with E-state index in [4.69, 9.17) is 0 Å². The van der Waals surface area contributed by atoms with Crippen LogP contribution in [0.1, 0.15) is 25.3 Å². The lowest BCUT2D eigenvalue weighted by molar-refractivity contribution is -0.118. The molecule has 2 amide bonds. The largest absolute Gasteiger partial charge is 0.312 e. The second kappa shape index (κ2) is 8.60. The number of amides is 2. The van der Waals surface area contributed by atoms with Crippen molar-refractivity contribution in [2.24, 2.45) is 0 Å². The number of halogens is 2. The summed E-state index contributed by atoms with van der Waals surface area (Å²) in [5, 5.41) is 2.99. The van der Waals surface area contributed by atoms with Crippen LogP contribution in [0.4, 0.5) is 10.8 Å². The molecule has 2 aromatic rings. The minimum absolute atomic E-state index is 0.0431. The minimum Gasteiger partial charge on any atom is -0.312 e. The first kappa shape index (κ1) is 21.4. The minimum atomic E-state index is -3.72. The van der Waals surface area contributed by atoms with E-state index in [2.05, 4.69) is 42.2 Å². The molecule has 0 unspecified atom stereocenters. The van der Waals surface area contributed by atoms with Gasteiger partial charge in [0.2, 0.25) is 11.8 Å². The van der Waals surface area contributed by atoms with Crippen LogP contribution in [0.5, 0.6) is 0 Å². The summed E-state index contributed by atoms with van der Waals surface area (Å²) in [5.74, 6) is -0.811. The third-order valence-electron chi connectivity index (χ3n) is 4.29. The predicted octanol–water partition coefficient (Wildman–Crippen LogP) is 3.77. The van der Waals surface area contributed by atoms with Gasteiger partial charge in [-0.15, -0.1) is 0 Å². The zero-order chi connectivity index (χ0) is 20.5. The van der Waals surface area contributed by atoms with Crippen molar-refractivity contribution in [2.45, 2.75) is 31.1 Å². The van der Waals surface area contributed by atoms with Gasteiger partial charge in [0, 0.05) is 29.5 Å². The molecule has 0 spiro atoms. The van der Waals surface area contributed by atoms with E-state index in [0.29, 0.717) is 34.7 Å². The van der Waals surface area contributed by atoms with Gasteiger partial charge in [-0.1, -0.05) is 18.3 Å². The van der Waals surface area contributed by atoms with Crippen LogP contribution < -0.4 is 10.2 Å². The average molecular weight is 551 g/mol. The quantitative estimate of drug-likeness (QED) is 0.590. The van der Waals surface area contributed by atoms with Gasteiger partial charge in [-0.2, -0.15) is 0 Å². The Morgan fingerprint density at radius 1 is 1.32 bits per heavy atom. The van der Waals surface area contributed by atoms with Gasteiger partial charge in [0.25, 0.3) is 0 Å². The van der Waals surface area contributed by atoms with Gasteiger partial charge >= 0.3 is 0 Å². The molecule has 2 heterocycles. The number of thiazole rings is 1. The first-order valence-corrected chi connectivity index (χ1v) is 12.5. The second-order valence-electron chi connectivity index (χ2n) is 6.15. The van der Waals surface area contributed by atoms with Crippen LogP contribution in [-0.4, -0.2) is 37.5 Å². The fourth-order valence-electron chi connectivity index (χ4n) is 2.91. The number of nitrogens with one attached hydrogen (secondary N) is 1. The highest BCUT2D eigenvalue weighted by molar-refractivity contribution is 9.11. The smallest absolute Gasteiger partial charge is 0.227 e. The van der Waals surface area contributed by atoms with Crippen molar-refractivity contribution in [3.05, 3.63) is 32.2 Å². The lowest BCUT2D eigenvalue weighted by atomic mass is 10.2. The lowest BCUT2D eigenvalue weighted by Crippen LogP contribution is -2.28. The highest BCUT2D eigenvalue weighted by atomic mass is 79.9. The Bertz CT molecular complexity index is 1040. The van der Waals surface area contributed by atoms with Crippen LogP contribution in [-0.2, 0) is 25.8 Å². The number of aromatic nitrogens is 1. The van der Waals surface area contributed by atoms with Crippen LogP contribution in [0.15, 0.2) is 31.5 Å². The Hall–Kier alpha value is -1.30. The molecule has 0 fully saturated rings. The number of carbonyl (C=O) groups is 2. The number of nitrogens with zero attached hydrogens (tertiary/aromatic N) is 2. The van der Waals surface area contributed by atoms with E-state index in [1.165, 1.54) is 17.4 Å². The molecule has 1 N–H and O–H groups in total. The summed E-state index contributed by atoms with van der Waals surface area (Å²) in [7, 11) is -3.72. The van der Waals surface area contributed by atoms with Gasteiger partial charge in [-0.3, -0.25) is 9.59 Å². The third kappa shape index (κ3) is 4.64. The highest BCUT2D eigenvalue weighted by Crippen LogP contribution is 2.36. The van der Waals surface area contributed by atoms with Gasteiger partial charge in [0.15, 0.2) is 15.0 Å². The van der Waals surface area contributed by atoms with Crippen LogP contribution in [0.25, 0.3) is 0 Å². The molecule has 0 bridgehead atoms. The molecule has 1 aliphatic heterocycles. The van der Waals surface area contributed by atoms with Crippen molar-refractivity contribution < 1.29 is 18.0 Å². The number of carbonyl (C=O) groups excluding carboxylic acids is 2. The van der Waals surface area contributed by atoms with Gasteiger partial charge in [-0.05, 0) is 56.0 Å². The Kier molecular flexibility index (Phi) is 6.58. The molecule has 7 nitrogen and oxygen atoms in total. The maximum atomic E-state index is 12.8. The van der Waals surface area contributed by atoms with E-state index in [9.17, 15) is 18.0 Å². The van der Waals surface area contributed by atoms with Crippen LogP contribution >= 0.6 is 43.2 Å². The molecular weight excluding hydrogens is 534 g/mol. The molecule has 11 heteroatoms. The monoisotopic (exact) mass is 549 g/mol. The van der Waals surface area contributed by atoms with E-state index >= 15 is 0 Å². The summed E-state index contributed by atoms with van der Waals surface area (Å²) in [4.78, 5) is 29.9. The fraction of sp³-hybridized carbons (Fsp3) is 0.353. The number of fused-ring (bicyclic) bond motifs is 1. The Labute approximate surface area is 183 Å². The number of benzene rings is 1. The molecule has 150 valence electrons. The zero-order valence-electron chi connectivity index (χ0n) is 14.9. The normalized spacial score (nSPS) is 13.5. The number of sulfone groups is 1. The predicted molar refractivity (Wildman–Crippen MR) is 116 cm³/mol. The van der Waals surface area contributed by atoms with E-state index in [1.807, 2.05) is 0 Å². The Morgan fingerprint density at radius 3 is 2.71 bits per heavy atom. The van der Waals surface area contributed by atoms with Crippen molar-refractivity contribution in [1.29, 1.82) is 0 Å². The topological polar surface area (TPSA) is 96.4 Å². The van der Waals surface area contributed by atoms with Crippen molar-refractivity contribution in [2.75, 3.05) is 22.5 Å². The number of anilines is 2. The SMILES string of the molecule is CCC(=O)N1CCc2cc(Br)c(S(=O)(=O)CCC(=O)Nc3ncc(Br)s3)cc21. The van der Waals surface area contributed by atoms with Crippen LogP contribution in [0, 0.1) is 0 Å². The van der Waals surface area contributed by atoms with Crippen molar-refractivity contribution in [3.63, 3.8) is 0 Å². The highest BCUT2D eigenvalue weighted by Gasteiger charge is 2.28. The fourth-order valence-corrected chi connectivity index (χ4v) is 6.48. The molecule has 0 saturated carbocycles. The second-order valence-corrected chi connectivity index (χ2v) is 11.5. The lowest BCUT2D eigenvalue weighted by Gasteiger charge is -2.18. The maximum absolute atomic E-state index is 12.8. The van der Waals surface area contributed by atoms with E-state index in [1.54, 1.807) is 24.1 Å². The summed E-state index contributed by atoms with van der Waals surface area (Å²) in [6, 6.07) is 3.28. The van der Waals surface area contributed by atoms with Gasteiger partial charge in [0.1, 0.15) is 0 Å². The molecule has 0 radical (unpaired) electrons. The molecule has 1 aliphatic rings. The Morgan fingerprint density at radius 2 is 2.07 bits per heavy atom. The molecular formula is C17H17Br2N3O4S2. The molecule has 28 heavy (non-hydrogen) atoms. The van der Waals surface area contributed by atoms with E-state index in [0.717, 1.165) is 9.35 Å².